The minimum absolute atomic E-state index is 0. The molecule has 1 aromatic heterocycles. The summed E-state index contributed by atoms with van der Waals surface area (Å²) in [5.74, 6) is 0.371. The van der Waals surface area contributed by atoms with Gasteiger partial charge in [0.1, 0.15) is 11.5 Å². The Hall–Kier alpha value is -0.966. The molecule has 0 radical (unpaired) electrons. The van der Waals surface area contributed by atoms with Gasteiger partial charge in [0.2, 0.25) is 0 Å². The van der Waals surface area contributed by atoms with E-state index in [2.05, 4.69) is 125 Å². The summed E-state index contributed by atoms with van der Waals surface area (Å²) in [6.45, 7) is 26.2. The maximum absolute atomic E-state index is 11.8. The molecule has 214 valence electrons. The van der Waals surface area contributed by atoms with Crippen LogP contribution in [0.2, 0.25) is 0 Å². The van der Waals surface area contributed by atoms with Crippen LogP contribution in [0, 0.1) is 0 Å². The average molecular weight is 626 g/mol. The Labute approximate surface area is 268 Å². The van der Waals surface area contributed by atoms with Crippen molar-refractivity contribution >= 4 is 11.3 Å². The third kappa shape index (κ3) is 8.29. The Morgan fingerprint density at radius 1 is 0.590 bits per heavy atom. The van der Waals surface area contributed by atoms with Crippen LogP contribution in [0.15, 0.2) is 41.8 Å². The van der Waals surface area contributed by atoms with E-state index in [0.717, 1.165) is 27.1 Å². The third-order valence-electron chi connectivity index (χ3n) is 7.08. The molecule has 0 fully saturated rings. The van der Waals surface area contributed by atoms with E-state index in [1.807, 2.05) is 0 Å². The van der Waals surface area contributed by atoms with Gasteiger partial charge in [0.05, 0.1) is 5.92 Å². The zero-order chi connectivity index (χ0) is 27.4. The second-order valence-electron chi connectivity index (χ2n) is 14.4. The number of benzene rings is 2. The fourth-order valence-electron chi connectivity index (χ4n) is 4.69. The van der Waals surface area contributed by atoms with Crippen molar-refractivity contribution in [1.29, 1.82) is 0 Å². The van der Waals surface area contributed by atoms with Crippen molar-refractivity contribution in [3.8, 4) is 11.5 Å². The standard InChI is InChI=1S/C33H46O2S.2ClH.Ti/c1-30(2,3)20-16-22(28(34)24(18-20)32(7,8)9)27(26-14-13-15-36-26)23-17-21(31(4,5)6)19-25(29(23)35)33(10,11)12;;;/h13-19,27,34-35H,1-12H3;2*1H;/q;;;+2/p-2. The van der Waals surface area contributed by atoms with Gasteiger partial charge in [-0.15, -0.1) is 11.3 Å². The van der Waals surface area contributed by atoms with E-state index >= 15 is 0 Å². The molecular formula is C33H46Cl2O2STi. The fraction of sp³-hybridized carbons (Fsp3) is 0.515. The monoisotopic (exact) mass is 624 g/mol. The van der Waals surface area contributed by atoms with Crippen molar-refractivity contribution in [1.82, 2.24) is 0 Å². The van der Waals surface area contributed by atoms with E-state index < -0.39 is 0 Å². The molecule has 0 atom stereocenters. The van der Waals surface area contributed by atoms with E-state index in [1.165, 1.54) is 11.1 Å². The summed E-state index contributed by atoms with van der Waals surface area (Å²) < 4.78 is 0. The van der Waals surface area contributed by atoms with Crippen LogP contribution < -0.4 is 24.8 Å². The number of hydrogen-bond donors (Lipinski definition) is 2. The Bertz CT molecular complexity index is 1160. The maximum atomic E-state index is 11.8. The molecule has 1 heterocycles. The number of phenolic OH excluding ortho intramolecular Hbond substituents is 2. The topological polar surface area (TPSA) is 40.5 Å². The molecule has 0 bridgehead atoms. The zero-order valence-corrected chi connectivity index (χ0v) is 29.6. The SMILES string of the molecule is CC(C)(C)c1cc(C(c2cccs2)c2cc(C(C)(C)C)cc(C(C)(C)C)c2O)c(O)c(C(C)(C)C)c1.[Cl-].[Cl-].[Ti+2]. The number of hydrogen-bond acceptors (Lipinski definition) is 3. The minimum Gasteiger partial charge on any atom is -1.00 e. The molecule has 0 unspecified atom stereocenters. The normalized spacial score (nSPS) is 12.4. The van der Waals surface area contributed by atoms with Crippen molar-refractivity contribution in [2.75, 3.05) is 0 Å². The van der Waals surface area contributed by atoms with Gasteiger partial charge >= 0.3 is 21.7 Å². The smallest absolute Gasteiger partial charge is 1.00 e. The molecule has 0 aliphatic rings. The van der Waals surface area contributed by atoms with Gasteiger partial charge in [-0.2, -0.15) is 0 Å². The summed E-state index contributed by atoms with van der Waals surface area (Å²) in [6, 6.07) is 12.8. The maximum Gasteiger partial charge on any atom is 2.00 e. The van der Waals surface area contributed by atoms with Gasteiger partial charge < -0.3 is 35.0 Å². The van der Waals surface area contributed by atoms with Crippen molar-refractivity contribution in [3.05, 3.63) is 80.0 Å². The molecule has 0 saturated carbocycles. The first kappa shape index (κ1) is 38.0. The van der Waals surface area contributed by atoms with Crippen LogP contribution >= 0.6 is 11.3 Å². The van der Waals surface area contributed by atoms with Crippen molar-refractivity contribution in [2.24, 2.45) is 0 Å². The molecule has 39 heavy (non-hydrogen) atoms. The molecule has 2 nitrogen and oxygen atoms in total. The van der Waals surface area contributed by atoms with Gasteiger partial charge in [0, 0.05) is 16.0 Å². The molecule has 3 rings (SSSR count). The molecule has 0 spiro atoms. The number of thiophene rings is 1. The predicted molar refractivity (Wildman–Crippen MR) is 156 cm³/mol. The average Bonchev–Trinajstić information content (AvgIpc) is 3.21. The molecule has 0 aliphatic carbocycles. The summed E-state index contributed by atoms with van der Waals surface area (Å²) in [5.41, 5.74) is 5.32. The van der Waals surface area contributed by atoms with Gasteiger partial charge in [-0.3, -0.25) is 0 Å². The summed E-state index contributed by atoms with van der Waals surface area (Å²) in [5, 5.41) is 25.7. The Morgan fingerprint density at radius 3 is 1.21 bits per heavy atom. The zero-order valence-electron chi connectivity index (χ0n) is 25.7. The van der Waals surface area contributed by atoms with Crippen LogP contribution in [0.25, 0.3) is 0 Å². The molecule has 2 N–H and O–H groups in total. The Balaban J connectivity index is 0.00000481. The van der Waals surface area contributed by atoms with Crippen LogP contribution in [0.4, 0.5) is 0 Å². The van der Waals surface area contributed by atoms with Crippen LogP contribution in [-0.4, -0.2) is 10.2 Å². The molecule has 0 aliphatic heterocycles. The Kier molecular flexibility index (Phi) is 12.6. The van der Waals surface area contributed by atoms with Crippen LogP contribution in [0.3, 0.4) is 0 Å². The first-order valence-electron chi connectivity index (χ1n) is 13.0. The summed E-state index contributed by atoms with van der Waals surface area (Å²) in [7, 11) is 0. The molecule has 6 heteroatoms. The summed E-state index contributed by atoms with van der Waals surface area (Å²) in [4.78, 5) is 1.11. The Morgan fingerprint density at radius 2 is 0.949 bits per heavy atom. The van der Waals surface area contributed by atoms with Crippen molar-refractivity contribution in [2.45, 2.75) is 111 Å². The van der Waals surface area contributed by atoms with E-state index in [9.17, 15) is 10.2 Å². The minimum atomic E-state index is -0.281. The van der Waals surface area contributed by atoms with Crippen LogP contribution in [0.1, 0.15) is 127 Å². The van der Waals surface area contributed by atoms with Gasteiger partial charge in [-0.05, 0) is 55.4 Å². The molecule has 0 saturated heterocycles. The van der Waals surface area contributed by atoms with Crippen LogP contribution in [-0.2, 0) is 43.4 Å². The molecule has 2 aromatic carbocycles. The first-order chi connectivity index (χ1) is 16.2. The number of halogens is 2. The van der Waals surface area contributed by atoms with E-state index in [-0.39, 0.29) is 74.1 Å². The number of rotatable bonds is 3. The second kappa shape index (κ2) is 12.9. The number of aromatic hydroxyl groups is 2. The van der Waals surface area contributed by atoms with Gasteiger partial charge in [-0.25, -0.2) is 0 Å². The quantitative estimate of drug-likeness (QED) is 0.438. The molecular weight excluding hydrogens is 579 g/mol. The van der Waals surface area contributed by atoms with E-state index in [4.69, 9.17) is 0 Å². The predicted octanol–water partition coefficient (Wildman–Crippen LogP) is 3.54. The molecule has 0 amide bonds. The second-order valence-corrected chi connectivity index (χ2v) is 15.4. The summed E-state index contributed by atoms with van der Waals surface area (Å²) >= 11 is 1.67. The van der Waals surface area contributed by atoms with Crippen molar-refractivity contribution < 1.29 is 56.7 Å². The third-order valence-corrected chi connectivity index (χ3v) is 8.01. The van der Waals surface area contributed by atoms with Gasteiger partial charge in [0.15, 0.2) is 0 Å². The van der Waals surface area contributed by atoms with Crippen molar-refractivity contribution in [3.63, 3.8) is 0 Å². The fourth-order valence-corrected chi connectivity index (χ4v) is 5.55. The first-order valence-corrected chi connectivity index (χ1v) is 13.9. The molecule has 3 aromatic rings. The van der Waals surface area contributed by atoms with E-state index in [0.29, 0.717) is 11.5 Å². The van der Waals surface area contributed by atoms with Crippen LogP contribution in [0.5, 0.6) is 11.5 Å². The van der Waals surface area contributed by atoms with Gasteiger partial charge in [-0.1, -0.05) is 113 Å². The number of phenols is 2. The summed E-state index contributed by atoms with van der Waals surface area (Å²) in [6.07, 6.45) is 0. The largest absolute Gasteiger partial charge is 2.00 e. The van der Waals surface area contributed by atoms with Gasteiger partial charge in [0.25, 0.3) is 0 Å². The van der Waals surface area contributed by atoms with E-state index in [1.54, 1.807) is 11.3 Å².